The third-order valence-corrected chi connectivity index (χ3v) is 3.38. The van der Waals surface area contributed by atoms with Gasteiger partial charge in [-0.1, -0.05) is 6.92 Å². The van der Waals surface area contributed by atoms with Gasteiger partial charge in [0, 0.05) is 19.5 Å². The average molecular weight is 197 g/mol. The van der Waals surface area contributed by atoms with Crippen LogP contribution in [0.5, 0.6) is 0 Å². The summed E-state index contributed by atoms with van der Waals surface area (Å²) in [6, 6.07) is 0.118. The quantitative estimate of drug-likeness (QED) is 0.676. The minimum absolute atomic E-state index is 0.118. The lowest BCUT2D eigenvalue weighted by Gasteiger charge is -2.37. The van der Waals surface area contributed by atoms with Gasteiger partial charge in [-0.2, -0.15) is 0 Å². The second-order valence-corrected chi connectivity index (χ2v) is 4.82. The Balaban J connectivity index is 1.99. The first-order valence-corrected chi connectivity index (χ1v) is 5.61. The van der Waals surface area contributed by atoms with Gasteiger partial charge in [-0.25, -0.2) is 0 Å². The molecule has 3 nitrogen and oxygen atoms in total. The van der Waals surface area contributed by atoms with E-state index in [1.54, 1.807) is 0 Å². The minimum Gasteiger partial charge on any atom is -0.392 e. The Labute approximate surface area is 85.1 Å². The molecule has 0 bridgehead atoms. The van der Waals surface area contributed by atoms with Crippen LogP contribution in [0.25, 0.3) is 0 Å². The number of nitrogens with zero attached hydrogens (tertiary/aromatic N) is 1. The van der Waals surface area contributed by atoms with Gasteiger partial charge in [0.2, 0.25) is 0 Å². The molecule has 1 aliphatic heterocycles. The van der Waals surface area contributed by atoms with E-state index >= 15 is 0 Å². The molecular weight excluding hydrogens is 178 g/mol. The number of carbonyl (C=O) groups is 1. The Kier molecular flexibility index (Phi) is 2.88. The van der Waals surface area contributed by atoms with Crippen molar-refractivity contribution in [3.63, 3.8) is 0 Å². The highest BCUT2D eigenvalue weighted by molar-refractivity contribution is 5.85. The second-order valence-electron chi connectivity index (χ2n) is 4.82. The normalized spacial score (nSPS) is 40.4. The number of Topliss-reactive ketones (excluding diaryl/α,β-unsaturated/α-hetero) is 1. The lowest BCUT2D eigenvalue weighted by Crippen LogP contribution is -2.49. The number of ketones is 1. The van der Waals surface area contributed by atoms with Crippen LogP contribution >= 0.6 is 0 Å². The van der Waals surface area contributed by atoms with Crippen LogP contribution in [-0.2, 0) is 4.79 Å². The van der Waals surface area contributed by atoms with Gasteiger partial charge in [-0.3, -0.25) is 9.69 Å². The van der Waals surface area contributed by atoms with E-state index in [4.69, 9.17) is 0 Å². The smallest absolute Gasteiger partial charge is 0.149 e. The highest BCUT2D eigenvalue weighted by Gasteiger charge is 2.34. The summed E-state index contributed by atoms with van der Waals surface area (Å²) in [5.74, 6) is 0.901. The topological polar surface area (TPSA) is 40.5 Å². The van der Waals surface area contributed by atoms with Crippen molar-refractivity contribution in [1.29, 1.82) is 0 Å². The monoisotopic (exact) mass is 197 g/mol. The summed E-state index contributed by atoms with van der Waals surface area (Å²) in [5.41, 5.74) is 0. The van der Waals surface area contributed by atoms with Gasteiger partial charge in [0.1, 0.15) is 5.78 Å². The van der Waals surface area contributed by atoms with Crippen LogP contribution in [0, 0.1) is 5.92 Å². The zero-order valence-electron chi connectivity index (χ0n) is 8.78. The van der Waals surface area contributed by atoms with Crippen molar-refractivity contribution in [2.75, 3.05) is 13.1 Å². The molecule has 2 rings (SSSR count). The van der Waals surface area contributed by atoms with Crippen LogP contribution in [-0.4, -0.2) is 41.0 Å². The first-order chi connectivity index (χ1) is 6.66. The lowest BCUT2D eigenvalue weighted by atomic mass is 9.96. The van der Waals surface area contributed by atoms with Gasteiger partial charge < -0.3 is 5.11 Å². The summed E-state index contributed by atoms with van der Waals surface area (Å²) in [5, 5.41) is 9.64. The zero-order chi connectivity index (χ0) is 10.1. The maximum atomic E-state index is 11.6. The van der Waals surface area contributed by atoms with Crippen molar-refractivity contribution in [3.05, 3.63) is 0 Å². The van der Waals surface area contributed by atoms with E-state index in [0.29, 0.717) is 18.2 Å². The van der Waals surface area contributed by atoms with Crippen LogP contribution in [0.15, 0.2) is 0 Å². The van der Waals surface area contributed by atoms with Gasteiger partial charge in [0.05, 0.1) is 12.1 Å². The molecule has 2 aliphatic rings. The molecule has 3 atom stereocenters. The predicted molar refractivity (Wildman–Crippen MR) is 54.0 cm³/mol. The van der Waals surface area contributed by atoms with Crippen molar-refractivity contribution in [1.82, 2.24) is 4.90 Å². The number of rotatable bonds is 1. The van der Waals surface area contributed by atoms with Crippen molar-refractivity contribution in [3.8, 4) is 0 Å². The van der Waals surface area contributed by atoms with Gasteiger partial charge in [0.15, 0.2) is 0 Å². The molecule has 80 valence electrons. The molecule has 0 aromatic rings. The summed E-state index contributed by atoms with van der Waals surface area (Å²) in [6.07, 6.45) is 3.43. The molecule has 0 radical (unpaired) electrons. The number of aliphatic hydroxyl groups excluding tert-OH is 1. The number of carbonyl (C=O) groups excluding carboxylic acids is 1. The average Bonchev–Trinajstić information content (AvgIpc) is 2.49. The fourth-order valence-corrected chi connectivity index (χ4v) is 2.80. The summed E-state index contributed by atoms with van der Waals surface area (Å²) in [4.78, 5) is 13.8. The number of β-amino-alcohol motifs (C(OH)–C–C–N with tert-alkyl or cyclic N) is 1. The molecule has 1 aliphatic carbocycles. The predicted octanol–water partition coefficient (Wildman–Crippen LogP) is 0.811. The van der Waals surface area contributed by atoms with E-state index in [-0.39, 0.29) is 12.1 Å². The van der Waals surface area contributed by atoms with E-state index in [1.807, 2.05) is 0 Å². The minimum atomic E-state index is -0.229. The first-order valence-electron chi connectivity index (χ1n) is 5.61. The first kappa shape index (κ1) is 10.1. The Morgan fingerprint density at radius 2 is 2.21 bits per heavy atom. The van der Waals surface area contributed by atoms with Crippen LogP contribution in [0.2, 0.25) is 0 Å². The maximum absolute atomic E-state index is 11.6. The van der Waals surface area contributed by atoms with Gasteiger partial charge in [-0.05, 0) is 25.2 Å². The highest BCUT2D eigenvalue weighted by Crippen LogP contribution is 2.25. The Morgan fingerprint density at radius 1 is 1.43 bits per heavy atom. The Hall–Kier alpha value is -0.410. The molecule has 1 N–H and O–H groups in total. The van der Waals surface area contributed by atoms with E-state index in [2.05, 4.69) is 11.8 Å². The molecule has 2 fully saturated rings. The third-order valence-electron chi connectivity index (χ3n) is 3.38. The highest BCUT2D eigenvalue weighted by atomic mass is 16.3. The SMILES string of the molecule is CC1CC(O)CN(C2CCCC2=O)C1. The second kappa shape index (κ2) is 3.99. The third kappa shape index (κ3) is 1.98. The fourth-order valence-electron chi connectivity index (χ4n) is 2.80. The number of hydrogen-bond donors (Lipinski definition) is 1. The summed E-state index contributed by atoms with van der Waals surface area (Å²) < 4.78 is 0. The van der Waals surface area contributed by atoms with E-state index in [0.717, 1.165) is 32.2 Å². The standard InChI is InChI=1S/C11H19NO2/c1-8-5-9(13)7-12(6-8)10-3-2-4-11(10)14/h8-10,13H,2-7H2,1H3. The van der Waals surface area contributed by atoms with Crippen LogP contribution < -0.4 is 0 Å². The maximum Gasteiger partial charge on any atom is 0.149 e. The molecule has 3 heteroatoms. The van der Waals surface area contributed by atoms with E-state index < -0.39 is 0 Å². The van der Waals surface area contributed by atoms with Crippen molar-refractivity contribution < 1.29 is 9.90 Å². The molecule has 14 heavy (non-hydrogen) atoms. The van der Waals surface area contributed by atoms with Gasteiger partial charge in [-0.15, -0.1) is 0 Å². The summed E-state index contributed by atoms with van der Waals surface area (Å²) in [6.45, 7) is 3.82. The number of likely N-dealkylation sites (tertiary alicyclic amines) is 1. The lowest BCUT2D eigenvalue weighted by molar-refractivity contribution is -0.123. The number of aliphatic hydroxyl groups is 1. The van der Waals surface area contributed by atoms with Crippen LogP contribution in [0.3, 0.4) is 0 Å². The molecule has 0 aromatic carbocycles. The molecule has 1 saturated heterocycles. The van der Waals surface area contributed by atoms with E-state index in [1.165, 1.54) is 0 Å². The molecule has 1 heterocycles. The van der Waals surface area contributed by atoms with E-state index in [9.17, 15) is 9.90 Å². The fraction of sp³-hybridized carbons (Fsp3) is 0.909. The zero-order valence-corrected chi connectivity index (χ0v) is 8.78. The Bertz CT molecular complexity index is 219. The molecule has 3 unspecified atom stereocenters. The summed E-state index contributed by atoms with van der Waals surface area (Å²) >= 11 is 0. The van der Waals surface area contributed by atoms with Crippen molar-refractivity contribution in [2.45, 2.75) is 44.8 Å². The number of hydrogen-bond acceptors (Lipinski definition) is 3. The molecule has 1 saturated carbocycles. The summed E-state index contributed by atoms with van der Waals surface area (Å²) in [7, 11) is 0. The van der Waals surface area contributed by atoms with Crippen molar-refractivity contribution >= 4 is 5.78 Å². The van der Waals surface area contributed by atoms with Gasteiger partial charge in [0.25, 0.3) is 0 Å². The number of piperidine rings is 1. The van der Waals surface area contributed by atoms with Crippen LogP contribution in [0.4, 0.5) is 0 Å². The van der Waals surface area contributed by atoms with Crippen LogP contribution in [0.1, 0.15) is 32.6 Å². The molecular formula is C11H19NO2. The molecule has 0 spiro atoms. The van der Waals surface area contributed by atoms with Gasteiger partial charge >= 0.3 is 0 Å². The Morgan fingerprint density at radius 3 is 2.79 bits per heavy atom. The van der Waals surface area contributed by atoms with Crippen molar-refractivity contribution in [2.24, 2.45) is 5.92 Å². The molecule has 0 aromatic heterocycles. The largest absolute Gasteiger partial charge is 0.392 e. The molecule has 0 amide bonds.